The minimum Gasteiger partial charge on any atom is -0.496 e. The normalized spacial score (nSPS) is 10.3. The van der Waals surface area contributed by atoms with E-state index in [-0.39, 0.29) is 5.28 Å². The Balaban J connectivity index is 2.08. The van der Waals surface area contributed by atoms with Crippen LogP contribution in [0, 0.1) is 17.1 Å². The molecule has 2 aromatic carbocycles. The van der Waals surface area contributed by atoms with Crippen LogP contribution in [0.25, 0.3) is 11.1 Å². The summed E-state index contributed by atoms with van der Waals surface area (Å²) in [6, 6.07) is 12.2. The summed E-state index contributed by atoms with van der Waals surface area (Å²) >= 11 is 5.68. The third kappa shape index (κ3) is 3.59. The molecule has 0 unspecified atom stereocenters. The van der Waals surface area contributed by atoms with Gasteiger partial charge in [0.05, 0.1) is 24.3 Å². The molecule has 6 heteroatoms. The molecule has 0 amide bonds. The van der Waals surface area contributed by atoms with E-state index < -0.39 is 5.82 Å². The lowest BCUT2D eigenvalue weighted by molar-refractivity contribution is 0.413. The summed E-state index contributed by atoms with van der Waals surface area (Å²) in [5.74, 6) is 0.00749. The summed E-state index contributed by atoms with van der Waals surface area (Å²) < 4.78 is 20.5. The van der Waals surface area contributed by atoms with Crippen LogP contribution in [-0.4, -0.2) is 17.1 Å². The van der Waals surface area contributed by atoms with Gasteiger partial charge in [0.2, 0.25) is 5.28 Å². The van der Waals surface area contributed by atoms with Crippen LogP contribution in [0.15, 0.2) is 48.8 Å². The molecule has 0 aliphatic carbocycles. The lowest BCUT2D eigenvalue weighted by Gasteiger charge is -2.13. The highest BCUT2D eigenvalue weighted by atomic mass is 35.5. The molecular formula is C19H13ClFN3O. The second kappa shape index (κ2) is 7.29. The van der Waals surface area contributed by atoms with Gasteiger partial charge in [-0.05, 0) is 46.5 Å². The van der Waals surface area contributed by atoms with E-state index in [1.165, 1.54) is 7.11 Å². The maximum absolute atomic E-state index is 15.2. The van der Waals surface area contributed by atoms with Crippen molar-refractivity contribution in [2.24, 2.45) is 0 Å². The Morgan fingerprint density at radius 2 is 1.96 bits per heavy atom. The highest BCUT2D eigenvalue weighted by Gasteiger charge is 2.17. The van der Waals surface area contributed by atoms with Gasteiger partial charge in [-0.2, -0.15) is 5.26 Å². The molecule has 25 heavy (non-hydrogen) atoms. The average molecular weight is 354 g/mol. The molecular weight excluding hydrogens is 341 g/mol. The summed E-state index contributed by atoms with van der Waals surface area (Å²) in [6.07, 6.45) is 3.45. The number of hydrogen-bond donors (Lipinski definition) is 0. The van der Waals surface area contributed by atoms with Crippen molar-refractivity contribution < 1.29 is 9.13 Å². The molecule has 1 aromatic heterocycles. The van der Waals surface area contributed by atoms with Crippen LogP contribution in [0.4, 0.5) is 4.39 Å². The van der Waals surface area contributed by atoms with Crippen LogP contribution in [-0.2, 0) is 6.42 Å². The molecule has 0 fully saturated rings. The third-order valence-electron chi connectivity index (χ3n) is 3.75. The molecule has 0 N–H and O–H groups in total. The summed E-state index contributed by atoms with van der Waals surface area (Å²) in [4.78, 5) is 7.83. The minimum absolute atomic E-state index is 0.146. The Labute approximate surface area is 149 Å². The lowest BCUT2D eigenvalue weighted by Crippen LogP contribution is -2.00. The highest BCUT2D eigenvalue weighted by molar-refractivity contribution is 6.28. The van der Waals surface area contributed by atoms with Crippen molar-refractivity contribution in [3.63, 3.8) is 0 Å². The molecule has 0 atom stereocenters. The van der Waals surface area contributed by atoms with Crippen LogP contribution in [0.5, 0.6) is 5.75 Å². The number of methoxy groups -OCH3 is 1. The van der Waals surface area contributed by atoms with Crippen molar-refractivity contribution in [2.75, 3.05) is 7.11 Å². The number of halogens is 2. The van der Waals surface area contributed by atoms with E-state index in [9.17, 15) is 0 Å². The number of nitriles is 1. The highest BCUT2D eigenvalue weighted by Crippen LogP contribution is 2.35. The van der Waals surface area contributed by atoms with Gasteiger partial charge in [-0.1, -0.05) is 18.2 Å². The zero-order valence-corrected chi connectivity index (χ0v) is 14.1. The van der Waals surface area contributed by atoms with E-state index in [1.807, 2.05) is 0 Å². The third-order valence-corrected chi connectivity index (χ3v) is 3.95. The van der Waals surface area contributed by atoms with E-state index >= 15 is 4.39 Å². The number of nitrogens with zero attached hydrogens (tertiary/aromatic N) is 3. The summed E-state index contributed by atoms with van der Waals surface area (Å²) in [6.45, 7) is 0. The number of aromatic nitrogens is 2. The second-order valence-corrected chi connectivity index (χ2v) is 5.68. The molecule has 4 nitrogen and oxygen atoms in total. The van der Waals surface area contributed by atoms with Crippen molar-refractivity contribution in [1.29, 1.82) is 5.26 Å². The van der Waals surface area contributed by atoms with Crippen molar-refractivity contribution in [3.05, 3.63) is 76.6 Å². The number of hydrogen-bond acceptors (Lipinski definition) is 4. The van der Waals surface area contributed by atoms with Gasteiger partial charge in [0.15, 0.2) is 0 Å². The van der Waals surface area contributed by atoms with Crippen molar-refractivity contribution >= 4 is 11.6 Å². The Morgan fingerprint density at radius 1 is 1.20 bits per heavy atom. The van der Waals surface area contributed by atoms with E-state index in [0.29, 0.717) is 34.4 Å². The monoisotopic (exact) mass is 353 g/mol. The van der Waals surface area contributed by atoms with Crippen molar-refractivity contribution in [3.8, 4) is 22.9 Å². The van der Waals surface area contributed by atoms with Crippen LogP contribution >= 0.6 is 11.6 Å². The summed E-state index contributed by atoms with van der Waals surface area (Å²) in [5, 5.41) is 9.22. The Morgan fingerprint density at radius 3 is 2.64 bits per heavy atom. The molecule has 0 saturated heterocycles. The van der Waals surface area contributed by atoms with Crippen molar-refractivity contribution in [2.45, 2.75) is 6.42 Å². The molecule has 0 saturated carbocycles. The molecule has 124 valence electrons. The molecule has 0 radical (unpaired) electrons. The van der Waals surface area contributed by atoms with Crippen LogP contribution in [0.1, 0.15) is 16.7 Å². The van der Waals surface area contributed by atoms with E-state index in [0.717, 1.165) is 5.56 Å². The maximum Gasteiger partial charge on any atom is 0.222 e. The standard InChI is InChI=1S/C19H13ClFN3O/c1-25-16-6-5-15(8-13-10-23-19(20)24-11-13)18(21)17(16)14-4-2-3-12(7-14)9-22/h2-7,10-11H,8H2,1H3. The SMILES string of the molecule is COc1ccc(Cc2cnc(Cl)nc2)c(F)c1-c1cccc(C#N)c1. The van der Waals surface area contributed by atoms with E-state index in [2.05, 4.69) is 16.0 Å². The molecule has 0 spiro atoms. The second-order valence-electron chi connectivity index (χ2n) is 5.35. The largest absolute Gasteiger partial charge is 0.496 e. The molecule has 3 aromatic rings. The fourth-order valence-corrected chi connectivity index (χ4v) is 2.67. The van der Waals surface area contributed by atoms with Gasteiger partial charge in [0.25, 0.3) is 0 Å². The van der Waals surface area contributed by atoms with Crippen LogP contribution in [0.3, 0.4) is 0 Å². The predicted octanol–water partition coefficient (Wildman–Crippen LogP) is 4.41. The fraction of sp³-hybridized carbons (Fsp3) is 0.105. The number of benzene rings is 2. The number of ether oxygens (including phenoxy) is 1. The van der Waals surface area contributed by atoms with Gasteiger partial charge in [-0.15, -0.1) is 0 Å². The van der Waals surface area contributed by atoms with Crippen LogP contribution in [0.2, 0.25) is 5.28 Å². The molecule has 3 rings (SSSR count). The smallest absolute Gasteiger partial charge is 0.222 e. The lowest BCUT2D eigenvalue weighted by atomic mass is 9.97. The Hall–Kier alpha value is -2.97. The van der Waals surface area contributed by atoms with Gasteiger partial charge < -0.3 is 4.74 Å². The summed E-state index contributed by atoms with van der Waals surface area (Å²) in [7, 11) is 1.49. The van der Waals surface area contributed by atoms with Gasteiger partial charge in [0.1, 0.15) is 11.6 Å². The maximum atomic E-state index is 15.2. The van der Waals surface area contributed by atoms with Gasteiger partial charge >= 0.3 is 0 Å². The average Bonchev–Trinajstić information content (AvgIpc) is 2.65. The first-order chi connectivity index (χ1) is 12.1. The molecule has 0 aliphatic rings. The first-order valence-electron chi connectivity index (χ1n) is 7.44. The topological polar surface area (TPSA) is 58.8 Å². The Bertz CT molecular complexity index is 952. The zero-order chi connectivity index (χ0) is 17.8. The van der Waals surface area contributed by atoms with Gasteiger partial charge in [-0.3, -0.25) is 0 Å². The van der Waals surface area contributed by atoms with Gasteiger partial charge in [-0.25, -0.2) is 14.4 Å². The summed E-state index contributed by atoms with van der Waals surface area (Å²) in [5.41, 5.74) is 2.58. The fourth-order valence-electron chi connectivity index (χ4n) is 2.57. The van der Waals surface area contributed by atoms with Crippen LogP contribution < -0.4 is 4.74 Å². The minimum atomic E-state index is -0.399. The quantitative estimate of drug-likeness (QED) is 0.652. The zero-order valence-electron chi connectivity index (χ0n) is 13.3. The van der Waals surface area contributed by atoms with Crippen molar-refractivity contribution in [1.82, 2.24) is 9.97 Å². The van der Waals surface area contributed by atoms with Gasteiger partial charge in [0, 0.05) is 18.8 Å². The van der Waals surface area contributed by atoms with E-state index in [4.69, 9.17) is 21.6 Å². The molecule has 1 heterocycles. The molecule has 0 aliphatic heterocycles. The predicted molar refractivity (Wildman–Crippen MR) is 93.0 cm³/mol. The number of rotatable bonds is 4. The molecule has 0 bridgehead atoms. The first-order valence-corrected chi connectivity index (χ1v) is 7.82. The van der Waals surface area contributed by atoms with E-state index in [1.54, 1.807) is 48.8 Å². The Kier molecular flexibility index (Phi) is 4.92. The first kappa shape index (κ1) is 16.9.